The molecule has 0 spiro atoms. The van der Waals surface area contributed by atoms with E-state index in [0.717, 1.165) is 0 Å². The lowest BCUT2D eigenvalue weighted by atomic mass is 10.5. The van der Waals surface area contributed by atoms with Crippen LogP contribution in [-0.2, 0) is 12.7 Å². The number of nitrogens with zero attached hydrogens (tertiary/aromatic N) is 5. The Morgan fingerprint density at radius 3 is 2.50 bits per heavy atom. The van der Waals surface area contributed by atoms with E-state index in [1.165, 1.54) is 4.90 Å². The van der Waals surface area contributed by atoms with Crippen LogP contribution in [0.25, 0.3) is 0 Å². The standard InChI is InChI=1S/C9H8F3N5S/c1-17(5-6-13-3-2-4-14-6)8-15-7(16-18-8)9(10,11)12/h2-4H,5H2,1H3. The van der Waals surface area contributed by atoms with Gasteiger partial charge in [-0.05, 0) is 6.07 Å². The normalized spacial score (nSPS) is 11.6. The molecule has 0 unspecified atom stereocenters. The minimum atomic E-state index is -4.52. The summed E-state index contributed by atoms with van der Waals surface area (Å²) in [5.41, 5.74) is 0. The van der Waals surface area contributed by atoms with Crippen LogP contribution in [0.15, 0.2) is 18.5 Å². The van der Waals surface area contributed by atoms with Crippen LogP contribution in [0, 0.1) is 0 Å². The van der Waals surface area contributed by atoms with Gasteiger partial charge in [0.2, 0.25) is 11.0 Å². The van der Waals surface area contributed by atoms with Crippen molar-refractivity contribution in [2.75, 3.05) is 11.9 Å². The summed E-state index contributed by atoms with van der Waals surface area (Å²) >= 11 is 0.693. The minimum Gasteiger partial charge on any atom is -0.342 e. The van der Waals surface area contributed by atoms with Crippen LogP contribution in [0.4, 0.5) is 18.3 Å². The Bertz CT molecular complexity index is 512. The molecule has 0 aliphatic rings. The van der Waals surface area contributed by atoms with Crippen molar-refractivity contribution in [1.82, 2.24) is 19.3 Å². The molecule has 0 aliphatic carbocycles. The number of hydrogen-bond acceptors (Lipinski definition) is 6. The van der Waals surface area contributed by atoms with E-state index in [1.807, 2.05) is 0 Å². The monoisotopic (exact) mass is 275 g/mol. The van der Waals surface area contributed by atoms with E-state index < -0.39 is 12.0 Å². The highest BCUT2D eigenvalue weighted by Gasteiger charge is 2.36. The first-order valence-electron chi connectivity index (χ1n) is 4.85. The molecule has 0 saturated carbocycles. The molecular weight excluding hydrogens is 267 g/mol. The third-order valence-corrected chi connectivity index (χ3v) is 2.82. The van der Waals surface area contributed by atoms with Gasteiger partial charge in [0.15, 0.2) is 0 Å². The van der Waals surface area contributed by atoms with Crippen LogP contribution in [0.2, 0.25) is 0 Å². The molecule has 2 rings (SSSR count). The molecule has 2 heterocycles. The van der Waals surface area contributed by atoms with E-state index in [2.05, 4.69) is 19.3 Å². The maximum Gasteiger partial charge on any atom is 0.452 e. The molecule has 0 amide bonds. The molecule has 0 saturated heterocycles. The van der Waals surface area contributed by atoms with E-state index in [1.54, 1.807) is 25.5 Å². The lowest BCUT2D eigenvalue weighted by molar-refractivity contribution is -0.144. The Hall–Kier alpha value is -1.77. The fourth-order valence-electron chi connectivity index (χ4n) is 1.18. The summed E-state index contributed by atoms with van der Waals surface area (Å²) in [5.74, 6) is -0.618. The van der Waals surface area contributed by atoms with Crippen molar-refractivity contribution in [1.29, 1.82) is 0 Å². The molecule has 5 nitrogen and oxygen atoms in total. The lowest BCUT2D eigenvalue weighted by Gasteiger charge is -2.13. The topological polar surface area (TPSA) is 54.8 Å². The second-order valence-corrected chi connectivity index (χ2v) is 4.15. The van der Waals surface area contributed by atoms with Gasteiger partial charge in [-0.2, -0.15) is 22.5 Å². The van der Waals surface area contributed by atoms with Gasteiger partial charge >= 0.3 is 6.18 Å². The van der Waals surface area contributed by atoms with Crippen molar-refractivity contribution in [2.24, 2.45) is 0 Å². The van der Waals surface area contributed by atoms with Crippen molar-refractivity contribution in [3.8, 4) is 0 Å². The third kappa shape index (κ3) is 2.92. The fourth-order valence-corrected chi connectivity index (χ4v) is 1.82. The minimum absolute atomic E-state index is 0.176. The predicted molar refractivity (Wildman–Crippen MR) is 59.1 cm³/mol. The zero-order valence-electron chi connectivity index (χ0n) is 9.22. The highest BCUT2D eigenvalue weighted by atomic mass is 32.1. The van der Waals surface area contributed by atoms with Gasteiger partial charge in [-0.25, -0.2) is 9.97 Å². The summed E-state index contributed by atoms with van der Waals surface area (Å²) in [7, 11) is 1.61. The summed E-state index contributed by atoms with van der Waals surface area (Å²) < 4.78 is 40.3. The summed E-state index contributed by atoms with van der Waals surface area (Å²) in [5, 5.41) is 0.176. The number of anilines is 1. The largest absolute Gasteiger partial charge is 0.452 e. The Balaban J connectivity index is 2.10. The highest BCUT2D eigenvalue weighted by molar-refractivity contribution is 7.09. The Morgan fingerprint density at radius 2 is 1.94 bits per heavy atom. The van der Waals surface area contributed by atoms with Crippen LogP contribution in [-0.4, -0.2) is 26.4 Å². The zero-order chi connectivity index (χ0) is 13.2. The highest BCUT2D eigenvalue weighted by Crippen LogP contribution is 2.30. The maximum atomic E-state index is 12.3. The quantitative estimate of drug-likeness (QED) is 0.857. The van der Waals surface area contributed by atoms with Crippen molar-refractivity contribution in [2.45, 2.75) is 12.7 Å². The molecule has 0 atom stereocenters. The van der Waals surface area contributed by atoms with Crippen LogP contribution in [0.5, 0.6) is 0 Å². The second-order valence-electron chi connectivity index (χ2n) is 3.42. The predicted octanol–water partition coefficient (Wildman–Crippen LogP) is 1.98. The van der Waals surface area contributed by atoms with Crippen molar-refractivity contribution in [3.63, 3.8) is 0 Å². The maximum absolute atomic E-state index is 12.3. The molecule has 0 aliphatic heterocycles. The van der Waals surface area contributed by atoms with Crippen molar-refractivity contribution < 1.29 is 13.2 Å². The summed E-state index contributed by atoms with van der Waals surface area (Å²) in [6, 6.07) is 1.66. The summed E-state index contributed by atoms with van der Waals surface area (Å²) in [6.45, 7) is 0.271. The van der Waals surface area contributed by atoms with Gasteiger partial charge in [0, 0.05) is 31.0 Å². The second kappa shape index (κ2) is 4.84. The molecule has 9 heteroatoms. The molecule has 18 heavy (non-hydrogen) atoms. The van der Waals surface area contributed by atoms with Gasteiger partial charge in [0.1, 0.15) is 5.82 Å². The summed E-state index contributed by atoms with van der Waals surface area (Å²) in [6.07, 6.45) is -1.38. The molecule has 2 aromatic heterocycles. The first-order chi connectivity index (χ1) is 8.47. The number of rotatable bonds is 3. The first-order valence-corrected chi connectivity index (χ1v) is 5.62. The SMILES string of the molecule is CN(Cc1ncccn1)c1nc(C(F)(F)F)ns1. The van der Waals surface area contributed by atoms with Crippen molar-refractivity contribution >= 4 is 16.7 Å². The van der Waals surface area contributed by atoms with Gasteiger partial charge in [-0.3, -0.25) is 0 Å². The smallest absolute Gasteiger partial charge is 0.342 e. The molecule has 0 N–H and O–H groups in total. The van der Waals surface area contributed by atoms with Gasteiger partial charge < -0.3 is 4.90 Å². The number of hydrogen-bond donors (Lipinski definition) is 0. The molecule has 0 radical (unpaired) electrons. The molecule has 0 aromatic carbocycles. The summed E-state index contributed by atoms with van der Waals surface area (Å²) in [4.78, 5) is 12.9. The molecular formula is C9H8F3N5S. The number of alkyl halides is 3. The fraction of sp³-hybridized carbons (Fsp3) is 0.333. The van der Waals surface area contributed by atoms with E-state index in [4.69, 9.17) is 0 Å². The Morgan fingerprint density at radius 1 is 1.28 bits per heavy atom. The van der Waals surface area contributed by atoms with Crippen LogP contribution >= 0.6 is 11.5 Å². The zero-order valence-corrected chi connectivity index (χ0v) is 10.0. The lowest BCUT2D eigenvalue weighted by Crippen LogP contribution is -2.18. The Labute approximate surface area is 104 Å². The molecule has 96 valence electrons. The van der Waals surface area contributed by atoms with Gasteiger partial charge in [0.05, 0.1) is 6.54 Å². The van der Waals surface area contributed by atoms with Crippen LogP contribution < -0.4 is 4.90 Å². The van der Waals surface area contributed by atoms with E-state index in [9.17, 15) is 13.2 Å². The average Bonchev–Trinajstić information content (AvgIpc) is 2.79. The first kappa shape index (κ1) is 12.7. The van der Waals surface area contributed by atoms with Gasteiger partial charge in [-0.1, -0.05) is 0 Å². The average molecular weight is 275 g/mol. The molecule has 0 bridgehead atoms. The van der Waals surface area contributed by atoms with E-state index >= 15 is 0 Å². The van der Waals surface area contributed by atoms with Gasteiger partial charge in [0.25, 0.3) is 0 Å². The third-order valence-electron chi connectivity index (χ3n) is 1.99. The van der Waals surface area contributed by atoms with Crippen LogP contribution in [0.3, 0.4) is 0 Å². The number of halogens is 3. The van der Waals surface area contributed by atoms with E-state index in [-0.39, 0.29) is 11.7 Å². The molecule has 0 fully saturated rings. The van der Waals surface area contributed by atoms with Gasteiger partial charge in [-0.15, -0.1) is 0 Å². The van der Waals surface area contributed by atoms with Crippen LogP contribution in [0.1, 0.15) is 11.6 Å². The van der Waals surface area contributed by atoms with Crippen molar-refractivity contribution in [3.05, 3.63) is 30.1 Å². The molecule has 2 aromatic rings. The van der Waals surface area contributed by atoms with E-state index in [0.29, 0.717) is 17.4 Å². The number of aromatic nitrogens is 4. The Kier molecular flexibility index (Phi) is 3.41.